The third-order valence-electron chi connectivity index (χ3n) is 14.9. The van der Waals surface area contributed by atoms with Crippen LogP contribution in [0.5, 0.6) is 5.75 Å². The zero-order chi connectivity index (χ0) is 71.3. The molecule has 0 saturated carbocycles. The van der Waals surface area contributed by atoms with E-state index in [4.69, 9.17) is 11.2 Å². The molecule has 0 N–H and O–H groups in total. The van der Waals surface area contributed by atoms with Crippen LogP contribution in [0.3, 0.4) is 0 Å². The van der Waals surface area contributed by atoms with E-state index in [-0.39, 0.29) is 51.2 Å². The first kappa shape index (κ1) is 87.6. The van der Waals surface area contributed by atoms with Gasteiger partial charge in [-0.1, -0.05) is 364 Å². The quantitative estimate of drug-likeness (QED) is 0.0258. The van der Waals surface area contributed by atoms with Gasteiger partial charge < -0.3 is 45.7 Å². The predicted octanol–water partition coefficient (Wildman–Crippen LogP) is 19.9. The molecule has 0 spiro atoms. The van der Waals surface area contributed by atoms with Gasteiger partial charge in [-0.2, -0.15) is 0 Å². The fourth-order valence-electron chi connectivity index (χ4n) is 10.3. The van der Waals surface area contributed by atoms with Crippen molar-refractivity contribution in [3.05, 3.63) is 400 Å². The minimum absolute atomic E-state index is 0. The van der Waals surface area contributed by atoms with Crippen molar-refractivity contribution in [3.63, 3.8) is 0 Å². The van der Waals surface area contributed by atoms with Crippen molar-refractivity contribution in [1.29, 1.82) is 0 Å². The van der Waals surface area contributed by atoms with E-state index < -0.39 is 62.0 Å². The van der Waals surface area contributed by atoms with Crippen LogP contribution in [0, 0.1) is 12.3 Å². The smallest absolute Gasteiger partial charge is 0.497 e. The largest absolute Gasteiger partial charge is 1.00 e. The SMILES string of the molecule is F[B-](F)(F)F.F[B-](F)(F)F.[C-]#Cc1ccc(OC)cc1.[Cu+].[Cu+].[Cu+].c1ccc(P(CP(c2ccccc2)c2ccccc2)c2ccccc2)cc1.c1ccc(P(CP(c2ccccc2)c2ccccc2)c2ccccc2)cc1.c1ccc(P(CP(c2ccccc2)c2ccccc2)c2ccccc2)cc1. The van der Waals surface area contributed by atoms with E-state index in [1.54, 1.807) is 31.4 Å². The van der Waals surface area contributed by atoms with Gasteiger partial charge in [-0.15, -0.1) is 17.7 Å². The van der Waals surface area contributed by atoms with Gasteiger partial charge in [0, 0.05) is 17.7 Å². The molecule has 0 bridgehead atoms. The Bertz CT molecular complexity index is 3500. The van der Waals surface area contributed by atoms with E-state index in [2.05, 4.69) is 370 Å². The van der Waals surface area contributed by atoms with E-state index in [9.17, 15) is 34.5 Å². The Balaban J connectivity index is 0.000000244. The molecule has 0 aromatic heterocycles. The van der Waals surface area contributed by atoms with Crippen molar-refractivity contribution >= 4 is 126 Å². The summed E-state index contributed by atoms with van der Waals surface area (Å²) in [4.78, 5) is 0. The van der Waals surface area contributed by atoms with Gasteiger partial charge in [0.05, 0.1) is 7.11 Å². The second-order valence-corrected chi connectivity index (χ2v) is 36.6. The number of hydrogen-bond acceptors (Lipinski definition) is 1. The Labute approximate surface area is 647 Å². The second-order valence-electron chi connectivity index (χ2n) is 21.9. The Hall–Kier alpha value is -7.07. The van der Waals surface area contributed by atoms with Crippen LogP contribution in [0.2, 0.25) is 0 Å². The van der Waals surface area contributed by atoms with Gasteiger partial charge in [-0.05, 0) is 123 Å². The van der Waals surface area contributed by atoms with Crippen molar-refractivity contribution in [3.8, 4) is 11.7 Å². The number of hydrogen-bond donors (Lipinski definition) is 0. The molecule has 13 aromatic rings. The Morgan fingerprint density at radius 2 is 0.346 bits per heavy atom. The molecule has 0 saturated heterocycles. The summed E-state index contributed by atoms with van der Waals surface area (Å²) in [5.74, 6) is 6.60. The van der Waals surface area contributed by atoms with Gasteiger partial charge >= 0.3 is 65.7 Å². The molecule has 0 aliphatic rings. The van der Waals surface area contributed by atoms with E-state index in [1.807, 2.05) is 0 Å². The first-order valence-corrected chi connectivity index (χ1v) is 41.3. The topological polar surface area (TPSA) is 9.23 Å². The van der Waals surface area contributed by atoms with Crippen molar-refractivity contribution in [2.24, 2.45) is 0 Å². The van der Waals surface area contributed by atoms with Gasteiger partial charge in [0.15, 0.2) is 0 Å². The number of ether oxygens (including phenoxy) is 1. The second kappa shape index (κ2) is 48.2. The van der Waals surface area contributed by atoms with Crippen molar-refractivity contribution in [1.82, 2.24) is 0 Å². The monoisotopic (exact) mass is 1650 g/mol. The first-order chi connectivity index (χ1) is 49.1. The summed E-state index contributed by atoms with van der Waals surface area (Å²) < 4.78 is 82.9. The van der Waals surface area contributed by atoms with Crippen LogP contribution >= 0.6 is 47.5 Å². The third kappa shape index (κ3) is 31.5. The molecule has 104 heavy (non-hydrogen) atoms. The van der Waals surface area contributed by atoms with Crippen LogP contribution in [0.1, 0.15) is 5.56 Å². The summed E-state index contributed by atoms with van der Waals surface area (Å²) in [5, 5.41) is 17.5. The standard InChI is InChI=1S/3C25H22P2.C9H7O.2BF4.3Cu/c3*1-5-13-22(14-6-1)26(23-15-7-2-8-16-23)21-27(24-17-9-3-10-18-24)25-19-11-4-12-20-25;1-3-8-4-6-9(10-2)7-5-8;2*2-1(3,4)5;;;/h3*1-20H,21H2;4-7H,2H3;;;;;/q;;;3*-1;3*+1. The van der Waals surface area contributed by atoms with Crippen LogP contribution < -0.4 is 68.4 Å². The normalized spacial score (nSPS) is 10.6. The van der Waals surface area contributed by atoms with Crippen LogP contribution in [-0.4, -0.2) is 39.3 Å². The summed E-state index contributed by atoms with van der Waals surface area (Å²) in [6, 6.07) is 140. The molecule has 1 nitrogen and oxygen atoms in total. The van der Waals surface area contributed by atoms with E-state index in [0.29, 0.717) is 0 Å². The maximum Gasteiger partial charge on any atom is 1.00 e. The summed E-state index contributed by atoms with van der Waals surface area (Å²) in [5.41, 5.74) is 0.765. The van der Waals surface area contributed by atoms with Crippen molar-refractivity contribution in [2.75, 3.05) is 24.8 Å². The fourth-order valence-corrected chi connectivity index (χ4v) is 29.7. The van der Waals surface area contributed by atoms with Gasteiger partial charge in [0.1, 0.15) is 5.75 Å². The van der Waals surface area contributed by atoms with Crippen LogP contribution in [0.15, 0.2) is 388 Å². The number of benzene rings is 13. The summed E-state index contributed by atoms with van der Waals surface area (Å²) in [6.07, 6.45) is 6.78. The van der Waals surface area contributed by atoms with E-state index >= 15 is 0 Å². The number of halogens is 8. The molecule has 0 amide bonds. The molecule has 0 fully saturated rings. The summed E-state index contributed by atoms with van der Waals surface area (Å²) in [7, 11) is -12.8. The molecule has 13 rings (SSSR count). The van der Waals surface area contributed by atoms with Crippen molar-refractivity contribution < 1.29 is 90.5 Å². The molecule has 13 aromatic carbocycles. The Morgan fingerprint density at radius 1 is 0.231 bits per heavy atom. The maximum atomic E-state index is 9.75. The molecule has 0 unspecified atom stereocenters. The third-order valence-corrected chi connectivity index (χ3v) is 32.7. The molecule has 20 heteroatoms. The van der Waals surface area contributed by atoms with E-state index in [0.717, 1.165) is 11.3 Å². The molecular formula is C84H73B2Cu3F8OP6. The van der Waals surface area contributed by atoms with Gasteiger partial charge in [0.2, 0.25) is 0 Å². The van der Waals surface area contributed by atoms with Crippen LogP contribution in [0.4, 0.5) is 34.5 Å². The van der Waals surface area contributed by atoms with Gasteiger partial charge in [-0.3, -0.25) is 5.92 Å². The number of rotatable bonds is 19. The molecular weight excluding hydrogens is 1580 g/mol. The average molecular weight is 1650 g/mol. The minimum atomic E-state index is -6.00. The van der Waals surface area contributed by atoms with Crippen LogP contribution in [-0.2, 0) is 51.2 Å². The molecule has 0 radical (unpaired) electrons. The fraction of sp³-hybridized carbons (Fsp3) is 0.0476. The van der Waals surface area contributed by atoms with Gasteiger partial charge in [-0.25, -0.2) is 0 Å². The number of methoxy groups -OCH3 is 1. The molecule has 540 valence electrons. The zero-order valence-electron chi connectivity index (χ0n) is 56.2. The Morgan fingerprint density at radius 3 is 0.442 bits per heavy atom. The van der Waals surface area contributed by atoms with Gasteiger partial charge in [0.25, 0.3) is 0 Å². The molecule has 0 aliphatic carbocycles. The average Bonchev–Trinajstić information content (AvgIpc) is 0.827. The molecule has 0 heterocycles. The summed E-state index contributed by atoms with van der Waals surface area (Å²) >= 11 is 0. The molecule has 0 atom stereocenters. The minimum Gasteiger partial charge on any atom is -0.497 e. The maximum absolute atomic E-state index is 9.75. The Kier molecular flexibility index (Phi) is 40.6. The van der Waals surface area contributed by atoms with E-state index in [1.165, 1.54) is 81.4 Å². The first-order valence-electron chi connectivity index (χ1n) is 32.2. The van der Waals surface area contributed by atoms with Crippen molar-refractivity contribution in [2.45, 2.75) is 0 Å². The zero-order valence-corrected chi connectivity index (χ0v) is 64.4. The molecule has 0 aliphatic heterocycles. The summed E-state index contributed by atoms with van der Waals surface area (Å²) in [6.45, 7) is 0. The predicted molar refractivity (Wildman–Crippen MR) is 429 cm³/mol. The van der Waals surface area contributed by atoms with Crippen LogP contribution in [0.25, 0.3) is 0 Å².